The number of nitrogen functional groups attached to an aromatic ring is 1. The van der Waals surface area contributed by atoms with Gasteiger partial charge >= 0.3 is 12.3 Å². The van der Waals surface area contributed by atoms with Crippen LogP contribution in [0.15, 0.2) is 18.2 Å². The molecule has 0 aliphatic heterocycles. The molecule has 0 spiro atoms. The minimum Gasteiger partial charge on any atom is -0.465 e. The fourth-order valence-corrected chi connectivity index (χ4v) is 3.39. The third-order valence-electron chi connectivity index (χ3n) is 5.42. The normalized spacial score (nSPS) is 14.8. The van der Waals surface area contributed by atoms with E-state index >= 15 is 0 Å². The lowest BCUT2D eigenvalue weighted by Crippen LogP contribution is -2.33. The minimum atomic E-state index is -4.80. The Labute approximate surface area is 186 Å². The quantitative estimate of drug-likeness (QED) is 0.204. The van der Waals surface area contributed by atoms with E-state index in [1.54, 1.807) is 0 Å². The number of anilines is 3. The number of hydrogen-bond donors (Lipinski definition) is 6. The third-order valence-corrected chi connectivity index (χ3v) is 5.42. The first kappa shape index (κ1) is 24.0. The van der Waals surface area contributed by atoms with E-state index in [4.69, 9.17) is 16.2 Å². The Hall–Kier alpha value is -3.64. The van der Waals surface area contributed by atoms with Gasteiger partial charge in [0.2, 0.25) is 0 Å². The first-order valence-corrected chi connectivity index (χ1v) is 10.1. The first-order chi connectivity index (χ1) is 15.5. The van der Waals surface area contributed by atoms with Crippen LogP contribution >= 0.6 is 0 Å². The number of amides is 1. The molecule has 0 saturated heterocycles. The highest BCUT2D eigenvalue weighted by Crippen LogP contribution is 2.34. The highest BCUT2D eigenvalue weighted by atomic mass is 19.4. The molecule has 1 saturated carbocycles. The summed E-state index contributed by atoms with van der Waals surface area (Å²) in [7, 11) is 0. The summed E-state index contributed by atoms with van der Waals surface area (Å²) in [5.41, 5.74) is 5.08. The lowest BCUT2D eigenvalue weighted by Gasteiger charge is -2.32. The van der Waals surface area contributed by atoms with Crippen molar-refractivity contribution in [2.24, 2.45) is 5.92 Å². The summed E-state index contributed by atoms with van der Waals surface area (Å²) in [5, 5.41) is 24.6. The van der Waals surface area contributed by atoms with Crippen molar-refractivity contribution in [1.29, 1.82) is 5.41 Å². The highest BCUT2D eigenvalue weighted by Gasteiger charge is 2.34. The van der Waals surface area contributed by atoms with Gasteiger partial charge < -0.3 is 21.5 Å². The smallest absolute Gasteiger partial charge is 0.419 e. The van der Waals surface area contributed by atoms with Crippen molar-refractivity contribution >= 4 is 29.3 Å². The average molecular weight is 469 g/mol. The number of carbonyl (C=O) groups is 1. The number of benzene rings is 1. The maximum Gasteiger partial charge on any atom is 0.419 e. The number of carboxylic acid groups (broad SMARTS) is 1. The van der Waals surface area contributed by atoms with Gasteiger partial charge in [0.25, 0.3) is 0 Å². The van der Waals surface area contributed by atoms with Crippen LogP contribution in [0.3, 0.4) is 0 Å². The van der Waals surface area contributed by atoms with Gasteiger partial charge in [-0.3, -0.25) is 10.7 Å². The zero-order valence-electron chi connectivity index (χ0n) is 17.6. The van der Waals surface area contributed by atoms with E-state index in [0.29, 0.717) is 12.0 Å². The van der Waals surface area contributed by atoms with E-state index in [9.17, 15) is 22.4 Å². The summed E-state index contributed by atoms with van der Waals surface area (Å²) >= 11 is 0. The number of nitrogens with two attached hydrogens (primary N) is 1. The Morgan fingerprint density at radius 2 is 2.03 bits per heavy atom. The van der Waals surface area contributed by atoms with Gasteiger partial charge in [-0.1, -0.05) is 12.5 Å². The summed E-state index contributed by atoms with van der Waals surface area (Å²) < 4.78 is 52.2. The molecule has 1 heterocycles. The number of aromatic nitrogens is 2. The molecular formula is C20H23F4N7O2. The van der Waals surface area contributed by atoms with Crippen LogP contribution in [0, 0.1) is 17.1 Å². The molecule has 33 heavy (non-hydrogen) atoms. The molecule has 9 nitrogen and oxygen atoms in total. The SMILES string of the molecule is C[C@@H](Nc1nc(C(=N)NC(=O)O)nc(N)c1NCc1ccc(C(F)(F)F)c(F)c1)C1CCC1. The number of nitrogens with one attached hydrogen (secondary N) is 4. The summed E-state index contributed by atoms with van der Waals surface area (Å²) in [5.74, 6) is -1.77. The van der Waals surface area contributed by atoms with Crippen LogP contribution in [0.5, 0.6) is 0 Å². The number of alkyl halides is 3. The third kappa shape index (κ3) is 5.79. The van der Waals surface area contributed by atoms with E-state index in [-0.39, 0.29) is 41.3 Å². The van der Waals surface area contributed by atoms with Gasteiger partial charge in [-0.15, -0.1) is 0 Å². The van der Waals surface area contributed by atoms with Crippen LogP contribution < -0.4 is 21.7 Å². The zero-order chi connectivity index (χ0) is 24.3. The number of halogens is 4. The van der Waals surface area contributed by atoms with Crippen molar-refractivity contribution in [3.05, 3.63) is 41.0 Å². The van der Waals surface area contributed by atoms with Crippen LogP contribution in [-0.2, 0) is 12.7 Å². The lowest BCUT2D eigenvalue weighted by atomic mass is 9.80. The maximum atomic E-state index is 13.9. The van der Waals surface area contributed by atoms with Crippen molar-refractivity contribution in [3.63, 3.8) is 0 Å². The number of hydrogen-bond acceptors (Lipinski definition) is 7. The average Bonchev–Trinajstić information content (AvgIpc) is 2.64. The van der Waals surface area contributed by atoms with Gasteiger partial charge in [-0.05, 0) is 43.4 Å². The predicted octanol–water partition coefficient (Wildman–Crippen LogP) is 4.02. The van der Waals surface area contributed by atoms with Crippen LogP contribution in [0.4, 0.5) is 39.7 Å². The summed E-state index contributed by atoms with van der Waals surface area (Å²) in [6.07, 6.45) is -3.12. The van der Waals surface area contributed by atoms with Crippen molar-refractivity contribution < 1.29 is 27.5 Å². The van der Waals surface area contributed by atoms with Crippen LogP contribution in [0.25, 0.3) is 0 Å². The summed E-state index contributed by atoms with van der Waals surface area (Å²) in [6.45, 7) is 1.86. The molecular weight excluding hydrogens is 446 g/mol. The predicted molar refractivity (Wildman–Crippen MR) is 114 cm³/mol. The van der Waals surface area contributed by atoms with Gasteiger partial charge in [-0.2, -0.15) is 13.2 Å². The number of rotatable bonds is 7. The lowest BCUT2D eigenvalue weighted by molar-refractivity contribution is -0.140. The van der Waals surface area contributed by atoms with Crippen molar-refractivity contribution in [3.8, 4) is 0 Å². The molecule has 0 radical (unpaired) electrons. The molecule has 1 aromatic carbocycles. The van der Waals surface area contributed by atoms with E-state index in [0.717, 1.165) is 31.4 Å². The van der Waals surface area contributed by atoms with Crippen LogP contribution in [0.2, 0.25) is 0 Å². The number of amidine groups is 1. The Morgan fingerprint density at radius 3 is 2.58 bits per heavy atom. The molecule has 0 unspecified atom stereocenters. The van der Waals surface area contributed by atoms with Crippen LogP contribution in [-0.4, -0.2) is 33.0 Å². The molecule has 13 heteroatoms. The van der Waals surface area contributed by atoms with E-state index in [1.165, 1.54) is 0 Å². The fraction of sp³-hybridized carbons (Fsp3) is 0.400. The molecule has 0 bridgehead atoms. The highest BCUT2D eigenvalue weighted by molar-refractivity contribution is 6.02. The van der Waals surface area contributed by atoms with E-state index < -0.39 is 29.5 Å². The second-order valence-corrected chi connectivity index (χ2v) is 7.75. The van der Waals surface area contributed by atoms with Gasteiger partial charge in [0.15, 0.2) is 23.3 Å². The number of nitrogens with zero attached hydrogens (tertiary/aromatic N) is 2. The van der Waals surface area contributed by atoms with E-state index in [1.807, 2.05) is 12.2 Å². The Balaban J connectivity index is 1.86. The standard InChI is InChI=1S/C20H23F4N7O2/c1-9(11-3-2-4-11)28-17-14(15(25)29-18(31-17)16(26)30-19(32)33)27-8-10-5-6-12(13(21)7-10)20(22,23)24/h5-7,9,11,27H,2-4,8H2,1H3,(H2,26,30)(H,32,33)(H3,25,28,29,31)/t9-/m1/s1. The van der Waals surface area contributed by atoms with Crippen molar-refractivity contribution in [2.75, 3.05) is 16.4 Å². The topological polar surface area (TPSA) is 149 Å². The Bertz CT molecular complexity index is 1060. The zero-order valence-corrected chi connectivity index (χ0v) is 17.6. The fourth-order valence-electron chi connectivity index (χ4n) is 3.39. The molecule has 2 aromatic rings. The van der Waals surface area contributed by atoms with Gasteiger partial charge in [-0.25, -0.2) is 19.2 Å². The molecule has 1 amide bonds. The molecule has 1 aliphatic carbocycles. The van der Waals surface area contributed by atoms with Gasteiger partial charge in [0.1, 0.15) is 11.5 Å². The molecule has 178 valence electrons. The molecule has 1 fully saturated rings. The van der Waals surface area contributed by atoms with E-state index in [2.05, 4.69) is 20.6 Å². The largest absolute Gasteiger partial charge is 0.465 e. The second-order valence-electron chi connectivity index (χ2n) is 7.75. The molecule has 7 N–H and O–H groups in total. The molecule has 1 aromatic heterocycles. The Morgan fingerprint density at radius 1 is 1.33 bits per heavy atom. The molecule has 1 aliphatic rings. The van der Waals surface area contributed by atoms with Crippen molar-refractivity contribution in [1.82, 2.24) is 15.3 Å². The maximum absolute atomic E-state index is 13.9. The Kier molecular flexibility index (Phi) is 6.89. The molecule has 3 rings (SSSR count). The monoisotopic (exact) mass is 469 g/mol. The van der Waals surface area contributed by atoms with Gasteiger partial charge in [0, 0.05) is 12.6 Å². The summed E-state index contributed by atoms with van der Waals surface area (Å²) in [4.78, 5) is 19.0. The van der Waals surface area contributed by atoms with Crippen LogP contribution in [0.1, 0.15) is 43.1 Å². The molecule has 1 atom stereocenters. The first-order valence-electron chi connectivity index (χ1n) is 10.1. The minimum absolute atomic E-state index is 0.0217. The second kappa shape index (κ2) is 9.46. The summed E-state index contributed by atoms with van der Waals surface area (Å²) in [6, 6.07) is 2.55. The van der Waals surface area contributed by atoms with Crippen molar-refractivity contribution in [2.45, 2.75) is 44.9 Å². The van der Waals surface area contributed by atoms with Gasteiger partial charge in [0.05, 0.1) is 5.56 Å².